The predicted molar refractivity (Wildman–Crippen MR) is 48.3 cm³/mol. The van der Waals surface area contributed by atoms with Gasteiger partial charge in [0, 0.05) is 25.9 Å². The Morgan fingerprint density at radius 1 is 1.69 bits per heavy atom. The normalized spacial score (nSPS) is 11.6. The largest absolute Gasteiger partial charge is 0.481 e. The van der Waals surface area contributed by atoms with E-state index in [0.717, 1.165) is 5.82 Å². The first-order chi connectivity index (χ1) is 5.93. The summed E-state index contributed by atoms with van der Waals surface area (Å²) >= 11 is 0. The van der Waals surface area contributed by atoms with Gasteiger partial charge < -0.3 is 9.67 Å². The molecule has 1 rings (SSSR count). The summed E-state index contributed by atoms with van der Waals surface area (Å²) in [5.74, 6) is 0.00269. The molecule has 0 aliphatic rings. The second kappa shape index (κ2) is 3.20. The minimum atomic E-state index is -0.796. The lowest BCUT2D eigenvalue weighted by Crippen LogP contribution is -2.27. The van der Waals surface area contributed by atoms with Crippen LogP contribution in [0.4, 0.5) is 0 Å². The highest BCUT2D eigenvalue weighted by atomic mass is 16.4. The maximum Gasteiger partial charge on any atom is 0.309 e. The van der Waals surface area contributed by atoms with Gasteiger partial charge in [0.15, 0.2) is 0 Å². The average molecular weight is 182 g/mol. The van der Waals surface area contributed by atoms with Crippen molar-refractivity contribution in [3.05, 3.63) is 18.2 Å². The van der Waals surface area contributed by atoms with Crippen LogP contribution in [0, 0.1) is 5.41 Å². The number of carbonyl (C=O) groups is 1. The average Bonchev–Trinajstić information content (AvgIpc) is 2.35. The second-order valence-corrected chi connectivity index (χ2v) is 3.82. The van der Waals surface area contributed by atoms with E-state index in [9.17, 15) is 4.79 Å². The number of hydrogen-bond donors (Lipinski definition) is 1. The Bertz CT molecular complexity index is 315. The van der Waals surface area contributed by atoms with Crippen molar-refractivity contribution in [2.75, 3.05) is 0 Å². The number of hydrogen-bond acceptors (Lipinski definition) is 2. The van der Waals surface area contributed by atoms with Crippen LogP contribution in [0.1, 0.15) is 19.7 Å². The van der Waals surface area contributed by atoms with E-state index in [2.05, 4.69) is 4.98 Å². The summed E-state index contributed by atoms with van der Waals surface area (Å²) in [4.78, 5) is 14.9. The molecule has 0 amide bonds. The number of carboxylic acid groups (broad SMARTS) is 1. The fourth-order valence-electron chi connectivity index (χ4n) is 1.04. The van der Waals surface area contributed by atoms with E-state index in [-0.39, 0.29) is 0 Å². The van der Waals surface area contributed by atoms with Crippen LogP contribution < -0.4 is 0 Å². The van der Waals surface area contributed by atoms with Gasteiger partial charge >= 0.3 is 5.97 Å². The number of aliphatic carboxylic acids is 1. The summed E-state index contributed by atoms with van der Waals surface area (Å²) < 4.78 is 1.84. The van der Waals surface area contributed by atoms with Gasteiger partial charge in [-0.2, -0.15) is 0 Å². The van der Waals surface area contributed by atoms with E-state index in [4.69, 9.17) is 5.11 Å². The van der Waals surface area contributed by atoms with Gasteiger partial charge in [-0.05, 0) is 13.8 Å². The summed E-state index contributed by atoms with van der Waals surface area (Å²) in [6.07, 6.45) is 3.94. The standard InChI is InChI=1S/C9H14N2O2/c1-9(2,8(12)13)6-7-10-4-5-11(7)3/h4-5H,6H2,1-3H3,(H,12,13). The SMILES string of the molecule is Cn1ccnc1CC(C)(C)C(=O)O. The zero-order valence-corrected chi connectivity index (χ0v) is 8.11. The van der Waals surface area contributed by atoms with Crippen molar-refractivity contribution in [1.29, 1.82) is 0 Å². The van der Waals surface area contributed by atoms with E-state index >= 15 is 0 Å². The summed E-state index contributed by atoms with van der Waals surface area (Å²) in [5.41, 5.74) is -0.751. The van der Waals surface area contributed by atoms with Crippen LogP contribution in [0.25, 0.3) is 0 Å². The van der Waals surface area contributed by atoms with E-state index in [1.165, 1.54) is 0 Å². The van der Waals surface area contributed by atoms with Crippen LogP contribution in [-0.4, -0.2) is 20.6 Å². The number of rotatable bonds is 3. The Morgan fingerprint density at radius 3 is 2.69 bits per heavy atom. The molecule has 0 aromatic carbocycles. The zero-order valence-electron chi connectivity index (χ0n) is 8.11. The number of imidazole rings is 1. The second-order valence-electron chi connectivity index (χ2n) is 3.82. The first-order valence-corrected chi connectivity index (χ1v) is 4.13. The van der Waals surface area contributed by atoms with Gasteiger partial charge in [-0.3, -0.25) is 4.79 Å². The van der Waals surface area contributed by atoms with Crippen LogP contribution in [-0.2, 0) is 18.3 Å². The molecule has 1 heterocycles. The third kappa shape index (κ3) is 2.08. The molecule has 4 heteroatoms. The van der Waals surface area contributed by atoms with E-state index in [1.807, 2.05) is 17.8 Å². The molecule has 0 fully saturated rings. The third-order valence-corrected chi connectivity index (χ3v) is 2.10. The van der Waals surface area contributed by atoms with Crippen molar-refractivity contribution in [1.82, 2.24) is 9.55 Å². The topological polar surface area (TPSA) is 55.1 Å². The first-order valence-electron chi connectivity index (χ1n) is 4.13. The van der Waals surface area contributed by atoms with Crippen LogP contribution in [0.5, 0.6) is 0 Å². The van der Waals surface area contributed by atoms with Gasteiger partial charge in [0.25, 0.3) is 0 Å². The smallest absolute Gasteiger partial charge is 0.309 e. The summed E-state index contributed by atoms with van der Waals surface area (Å²) in [6.45, 7) is 3.40. The molecule has 0 spiro atoms. The van der Waals surface area contributed by atoms with Gasteiger partial charge in [-0.25, -0.2) is 4.98 Å². The van der Waals surface area contributed by atoms with Gasteiger partial charge in [-0.15, -0.1) is 0 Å². The fourth-order valence-corrected chi connectivity index (χ4v) is 1.04. The maximum atomic E-state index is 10.8. The first kappa shape index (κ1) is 9.77. The van der Waals surface area contributed by atoms with Gasteiger partial charge in [0.2, 0.25) is 0 Å². The highest BCUT2D eigenvalue weighted by molar-refractivity contribution is 5.73. The quantitative estimate of drug-likeness (QED) is 0.760. The van der Waals surface area contributed by atoms with Crippen molar-refractivity contribution in [3.8, 4) is 0 Å². The van der Waals surface area contributed by atoms with E-state index in [0.29, 0.717) is 6.42 Å². The monoisotopic (exact) mass is 182 g/mol. The Hall–Kier alpha value is -1.32. The van der Waals surface area contributed by atoms with E-state index in [1.54, 1.807) is 20.0 Å². The molecular weight excluding hydrogens is 168 g/mol. The number of aryl methyl sites for hydroxylation is 1. The van der Waals surface area contributed by atoms with Gasteiger partial charge in [-0.1, -0.05) is 0 Å². The molecule has 0 radical (unpaired) electrons. The molecule has 13 heavy (non-hydrogen) atoms. The van der Waals surface area contributed by atoms with E-state index < -0.39 is 11.4 Å². The molecule has 1 aromatic rings. The molecule has 1 N–H and O–H groups in total. The minimum Gasteiger partial charge on any atom is -0.481 e. The van der Waals surface area contributed by atoms with Gasteiger partial charge in [0.1, 0.15) is 5.82 Å². The molecule has 0 bridgehead atoms. The lowest BCUT2D eigenvalue weighted by atomic mass is 9.89. The summed E-state index contributed by atoms with van der Waals surface area (Å²) in [6, 6.07) is 0. The molecule has 0 aliphatic heterocycles. The lowest BCUT2D eigenvalue weighted by Gasteiger charge is -2.18. The van der Waals surface area contributed by atoms with Crippen molar-refractivity contribution < 1.29 is 9.90 Å². The Morgan fingerprint density at radius 2 is 2.31 bits per heavy atom. The lowest BCUT2D eigenvalue weighted by molar-refractivity contribution is -0.146. The number of carboxylic acids is 1. The van der Waals surface area contributed by atoms with Crippen molar-refractivity contribution in [2.45, 2.75) is 20.3 Å². The van der Waals surface area contributed by atoms with Crippen LogP contribution in [0.3, 0.4) is 0 Å². The Balaban J connectivity index is 2.80. The molecule has 0 saturated heterocycles. The molecule has 0 atom stereocenters. The van der Waals surface area contributed by atoms with Crippen LogP contribution in [0.2, 0.25) is 0 Å². The highest BCUT2D eigenvalue weighted by Gasteiger charge is 2.28. The molecular formula is C9H14N2O2. The fraction of sp³-hybridized carbons (Fsp3) is 0.556. The van der Waals surface area contributed by atoms with Crippen LogP contribution in [0.15, 0.2) is 12.4 Å². The Kier molecular flexibility index (Phi) is 2.40. The molecule has 4 nitrogen and oxygen atoms in total. The molecule has 0 saturated carbocycles. The van der Waals surface area contributed by atoms with Crippen molar-refractivity contribution in [3.63, 3.8) is 0 Å². The van der Waals surface area contributed by atoms with Crippen molar-refractivity contribution in [2.24, 2.45) is 12.5 Å². The highest BCUT2D eigenvalue weighted by Crippen LogP contribution is 2.20. The van der Waals surface area contributed by atoms with Crippen LogP contribution >= 0.6 is 0 Å². The molecule has 0 aliphatic carbocycles. The minimum absolute atomic E-state index is 0.450. The van der Waals surface area contributed by atoms with Crippen molar-refractivity contribution >= 4 is 5.97 Å². The number of aromatic nitrogens is 2. The summed E-state index contributed by atoms with van der Waals surface area (Å²) in [5, 5.41) is 8.89. The predicted octanol–water partition coefficient (Wildman–Crippen LogP) is 1.07. The zero-order chi connectivity index (χ0) is 10.1. The number of nitrogens with zero attached hydrogens (tertiary/aromatic N) is 2. The summed E-state index contributed by atoms with van der Waals surface area (Å²) in [7, 11) is 1.86. The molecule has 1 aromatic heterocycles. The van der Waals surface area contributed by atoms with Gasteiger partial charge in [0.05, 0.1) is 5.41 Å². The third-order valence-electron chi connectivity index (χ3n) is 2.10. The Labute approximate surface area is 77.2 Å². The molecule has 72 valence electrons. The molecule has 0 unspecified atom stereocenters. The maximum absolute atomic E-state index is 10.8.